The summed E-state index contributed by atoms with van der Waals surface area (Å²) in [6.45, 7) is 3.52. The lowest BCUT2D eigenvalue weighted by Gasteiger charge is -2.07. The lowest BCUT2D eigenvalue weighted by Crippen LogP contribution is -2.26. The number of anilines is 1. The monoisotopic (exact) mass is 328 g/mol. The number of amides is 1. The maximum absolute atomic E-state index is 12.1. The molecule has 1 heterocycles. The summed E-state index contributed by atoms with van der Waals surface area (Å²) >= 11 is 0. The van der Waals surface area contributed by atoms with E-state index in [9.17, 15) is 4.79 Å². The smallest absolute Gasteiger partial charge is 0.271 e. The fourth-order valence-electron chi connectivity index (χ4n) is 2.18. The molecular weight excluding hydrogens is 304 g/mol. The summed E-state index contributed by atoms with van der Waals surface area (Å²) in [5.41, 5.74) is 1.43. The Morgan fingerprint density at radius 3 is 2.75 bits per heavy atom. The first-order chi connectivity index (χ1) is 11.7. The van der Waals surface area contributed by atoms with E-state index in [0.29, 0.717) is 18.1 Å². The van der Waals surface area contributed by atoms with Crippen molar-refractivity contribution in [2.45, 2.75) is 26.2 Å². The van der Waals surface area contributed by atoms with Crippen LogP contribution in [0.5, 0.6) is 5.75 Å². The molecule has 0 fully saturated rings. The van der Waals surface area contributed by atoms with Crippen LogP contribution in [-0.2, 0) is 6.42 Å². The number of unbranched alkanes of at least 4 members (excludes halogenated alkanes) is 1. The Morgan fingerprint density at radius 1 is 1.17 bits per heavy atom. The third-order valence-corrected chi connectivity index (χ3v) is 3.57. The summed E-state index contributed by atoms with van der Waals surface area (Å²) in [6, 6.07) is 11.3. The number of aromatic nitrogens is 2. The Bertz CT molecular complexity index is 644. The molecule has 2 N–H and O–H groups in total. The summed E-state index contributed by atoms with van der Waals surface area (Å²) in [6.07, 6.45) is 2.93. The van der Waals surface area contributed by atoms with Crippen molar-refractivity contribution < 1.29 is 9.53 Å². The van der Waals surface area contributed by atoms with Gasteiger partial charge >= 0.3 is 0 Å². The molecule has 1 aromatic carbocycles. The van der Waals surface area contributed by atoms with Gasteiger partial charge in [0, 0.05) is 13.1 Å². The van der Waals surface area contributed by atoms with Crippen LogP contribution < -0.4 is 15.4 Å². The molecule has 128 valence electrons. The van der Waals surface area contributed by atoms with E-state index in [4.69, 9.17) is 4.74 Å². The van der Waals surface area contributed by atoms with Gasteiger partial charge in [-0.2, -0.15) is 0 Å². The van der Waals surface area contributed by atoms with Gasteiger partial charge in [-0.25, -0.2) is 0 Å². The van der Waals surface area contributed by atoms with Crippen LogP contribution in [0.3, 0.4) is 0 Å². The van der Waals surface area contributed by atoms with E-state index in [1.165, 1.54) is 0 Å². The third kappa shape index (κ3) is 5.53. The van der Waals surface area contributed by atoms with E-state index in [-0.39, 0.29) is 5.91 Å². The number of nitrogens with one attached hydrogen (secondary N) is 2. The third-order valence-electron chi connectivity index (χ3n) is 3.57. The average Bonchev–Trinajstić information content (AvgIpc) is 2.62. The molecule has 6 heteroatoms. The van der Waals surface area contributed by atoms with Crippen LogP contribution in [0.4, 0.5) is 5.82 Å². The van der Waals surface area contributed by atoms with E-state index < -0.39 is 0 Å². The van der Waals surface area contributed by atoms with Crippen LogP contribution in [0.1, 0.15) is 35.8 Å². The Morgan fingerprint density at radius 2 is 2.04 bits per heavy atom. The number of carbonyl (C=O) groups excluding carboxylic acids is 1. The summed E-state index contributed by atoms with van der Waals surface area (Å²) in [5.74, 6) is 1.29. The van der Waals surface area contributed by atoms with Crippen molar-refractivity contribution in [2.75, 3.05) is 25.5 Å². The lowest BCUT2D eigenvalue weighted by molar-refractivity contribution is 0.0948. The van der Waals surface area contributed by atoms with E-state index in [1.54, 1.807) is 19.2 Å². The molecule has 24 heavy (non-hydrogen) atoms. The van der Waals surface area contributed by atoms with E-state index in [1.807, 2.05) is 24.3 Å². The van der Waals surface area contributed by atoms with Crippen molar-refractivity contribution in [3.8, 4) is 5.75 Å². The van der Waals surface area contributed by atoms with Crippen LogP contribution in [-0.4, -0.2) is 36.3 Å². The second kappa shape index (κ2) is 9.50. The van der Waals surface area contributed by atoms with Crippen LogP contribution >= 0.6 is 0 Å². The number of rotatable bonds is 9. The molecule has 0 aliphatic rings. The second-order valence-corrected chi connectivity index (χ2v) is 5.44. The van der Waals surface area contributed by atoms with Crippen molar-refractivity contribution in [1.82, 2.24) is 15.5 Å². The molecule has 2 aromatic rings. The van der Waals surface area contributed by atoms with E-state index in [2.05, 4.69) is 27.8 Å². The number of ether oxygens (including phenoxy) is 1. The van der Waals surface area contributed by atoms with Crippen molar-refractivity contribution in [1.29, 1.82) is 0 Å². The van der Waals surface area contributed by atoms with Gasteiger partial charge in [-0.3, -0.25) is 4.79 Å². The second-order valence-electron chi connectivity index (χ2n) is 5.44. The quantitative estimate of drug-likeness (QED) is 0.692. The molecule has 0 atom stereocenters. The van der Waals surface area contributed by atoms with Gasteiger partial charge in [0.2, 0.25) is 0 Å². The van der Waals surface area contributed by atoms with Crippen LogP contribution in [0.15, 0.2) is 36.4 Å². The largest absolute Gasteiger partial charge is 0.497 e. The van der Waals surface area contributed by atoms with Gasteiger partial charge < -0.3 is 15.4 Å². The van der Waals surface area contributed by atoms with Crippen molar-refractivity contribution in [3.05, 3.63) is 47.7 Å². The lowest BCUT2D eigenvalue weighted by atomic mass is 10.1. The molecule has 1 aromatic heterocycles. The zero-order chi connectivity index (χ0) is 17.2. The molecule has 0 unspecified atom stereocenters. The molecule has 1 amide bonds. The maximum atomic E-state index is 12.1. The Labute approximate surface area is 142 Å². The van der Waals surface area contributed by atoms with Gasteiger partial charge in [0.15, 0.2) is 5.69 Å². The molecule has 2 rings (SSSR count). The number of hydrogen-bond acceptors (Lipinski definition) is 5. The van der Waals surface area contributed by atoms with Gasteiger partial charge in [0.1, 0.15) is 11.6 Å². The zero-order valence-corrected chi connectivity index (χ0v) is 14.2. The van der Waals surface area contributed by atoms with Crippen molar-refractivity contribution in [3.63, 3.8) is 0 Å². The standard InChI is InChI=1S/C18H24N4O2/c1-3-4-11-19-17-9-8-16(21-22-17)18(23)20-12-10-14-6-5-7-15(13-14)24-2/h5-9,13H,3-4,10-12H2,1-2H3,(H,19,22)(H,20,23). The minimum Gasteiger partial charge on any atom is -0.497 e. The van der Waals surface area contributed by atoms with Crippen LogP contribution in [0.25, 0.3) is 0 Å². The van der Waals surface area contributed by atoms with Gasteiger partial charge in [0.05, 0.1) is 7.11 Å². The SMILES string of the molecule is CCCCNc1ccc(C(=O)NCCc2cccc(OC)c2)nn1. The first-order valence-electron chi connectivity index (χ1n) is 8.21. The predicted octanol–water partition coefficient (Wildman–Crippen LogP) is 2.67. The summed E-state index contributed by atoms with van der Waals surface area (Å²) in [4.78, 5) is 12.1. The minimum atomic E-state index is -0.217. The van der Waals surface area contributed by atoms with Gasteiger partial charge in [-0.1, -0.05) is 25.5 Å². The highest BCUT2D eigenvalue weighted by Gasteiger charge is 2.07. The molecular formula is C18H24N4O2. The highest BCUT2D eigenvalue weighted by molar-refractivity contribution is 5.92. The summed E-state index contributed by atoms with van der Waals surface area (Å²) < 4.78 is 5.19. The van der Waals surface area contributed by atoms with Crippen molar-refractivity contribution in [2.24, 2.45) is 0 Å². The topological polar surface area (TPSA) is 76.1 Å². The predicted molar refractivity (Wildman–Crippen MR) is 94.5 cm³/mol. The fourth-order valence-corrected chi connectivity index (χ4v) is 2.18. The Balaban J connectivity index is 1.79. The van der Waals surface area contributed by atoms with E-state index in [0.717, 1.165) is 37.1 Å². The van der Waals surface area contributed by atoms with Crippen molar-refractivity contribution >= 4 is 11.7 Å². The first-order valence-corrected chi connectivity index (χ1v) is 8.21. The first kappa shape index (κ1) is 17.7. The molecule has 0 saturated heterocycles. The number of methoxy groups -OCH3 is 1. The number of nitrogens with zero attached hydrogens (tertiary/aromatic N) is 2. The minimum absolute atomic E-state index is 0.217. The molecule has 0 saturated carbocycles. The summed E-state index contributed by atoms with van der Waals surface area (Å²) in [7, 11) is 1.64. The van der Waals surface area contributed by atoms with Gasteiger partial charge in [-0.05, 0) is 42.7 Å². The fraction of sp³-hybridized carbons (Fsp3) is 0.389. The molecule has 0 aliphatic carbocycles. The number of benzene rings is 1. The zero-order valence-electron chi connectivity index (χ0n) is 14.2. The highest BCUT2D eigenvalue weighted by Crippen LogP contribution is 2.12. The van der Waals surface area contributed by atoms with Gasteiger partial charge in [-0.15, -0.1) is 10.2 Å². The average molecular weight is 328 g/mol. The number of hydrogen-bond donors (Lipinski definition) is 2. The molecule has 0 aliphatic heterocycles. The normalized spacial score (nSPS) is 10.2. The number of carbonyl (C=O) groups is 1. The van der Waals surface area contributed by atoms with Gasteiger partial charge in [0.25, 0.3) is 5.91 Å². The Hall–Kier alpha value is -2.63. The molecule has 0 bridgehead atoms. The van der Waals surface area contributed by atoms with E-state index >= 15 is 0 Å². The molecule has 0 radical (unpaired) electrons. The molecule has 6 nitrogen and oxygen atoms in total. The highest BCUT2D eigenvalue weighted by atomic mass is 16.5. The van der Waals surface area contributed by atoms with Crippen LogP contribution in [0, 0.1) is 0 Å². The van der Waals surface area contributed by atoms with Crippen LogP contribution in [0.2, 0.25) is 0 Å². The summed E-state index contributed by atoms with van der Waals surface area (Å²) in [5, 5.41) is 14.0. The molecule has 0 spiro atoms. The Kier molecular flexibility index (Phi) is 7.01. The maximum Gasteiger partial charge on any atom is 0.271 e.